The quantitative estimate of drug-likeness (QED) is 0.891. The minimum atomic E-state index is 0.446. The van der Waals surface area contributed by atoms with E-state index in [0.29, 0.717) is 18.4 Å². The summed E-state index contributed by atoms with van der Waals surface area (Å²) < 4.78 is 6.49. The first-order valence-corrected chi connectivity index (χ1v) is 6.87. The largest absolute Gasteiger partial charge is 0.496 e. The number of hydrogen-bond acceptors (Lipinski definition) is 2. The van der Waals surface area contributed by atoms with Crippen molar-refractivity contribution in [3.05, 3.63) is 27.7 Å². The SMILES string of the molecule is COc1cc(C(C)C)cc(C(C)CCN)c1Br. The Hall–Kier alpha value is -0.540. The van der Waals surface area contributed by atoms with E-state index in [1.807, 2.05) is 0 Å². The van der Waals surface area contributed by atoms with Gasteiger partial charge in [0.25, 0.3) is 0 Å². The van der Waals surface area contributed by atoms with E-state index in [2.05, 4.69) is 48.8 Å². The summed E-state index contributed by atoms with van der Waals surface area (Å²) in [5.74, 6) is 1.86. The Kier molecular flexibility index (Phi) is 5.47. The van der Waals surface area contributed by atoms with Gasteiger partial charge in [-0.15, -0.1) is 0 Å². The van der Waals surface area contributed by atoms with Gasteiger partial charge in [0.15, 0.2) is 0 Å². The molecule has 1 atom stereocenters. The molecule has 0 saturated carbocycles. The lowest BCUT2D eigenvalue weighted by Gasteiger charge is -2.18. The first kappa shape index (κ1) is 14.5. The van der Waals surface area contributed by atoms with Gasteiger partial charge in [-0.25, -0.2) is 0 Å². The Labute approximate surface area is 113 Å². The zero-order valence-corrected chi connectivity index (χ0v) is 12.7. The second kappa shape index (κ2) is 6.41. The number of rotatable bonds is 5. The van der Waals surface area contributed by atoms with Gasteiger partial charge in [0, 0.05) is 0 Å². The maximum atomic E-state index is 5.64. The van der Waals surface area contributed by atoms with E-state index in [4.69, 9.17) is 10.5 Å². The zero-order chi connectivity index (χ0) is 13.0. The van der Waals surface area contributed by atoms with Crippen LogP contribution >= 0.6 is 15.9 Å². The molecule has 96 valence electrons. The molecule has 0 spiro atoms. The van der Waals surface area contributed by atoms with Crippen LogP contribution in [0.2, 0.25) is 0 Å². The normalized spacial score (nSPS) is 12.9. The Balaban J connectivity index is 3.22. The molecule has 17 heavy (non-hydrogen) atoms. The third-order valence-electron chi connectivity index (χ3n) is 3.11. The van der Waals surface area contributed by atoms with E-state index in [0.717, 1.165) is 16.6 Å². The zero-order valence-electron chi connectivity index (χ0n) is 11.1. The standard InChI is InChI=1S/C14H22BrNO/c1-9(2)11-7-12(10(3)5-6-16)14(15)13(8-11)17-4/h7-10H,5-6,16H2,1-4H3. The van der Waals surface area contributed by atoms with Crippen molar-refractivity contribution in [2.75, 3.05) is 13.7 Å². The van der Waals surface area contributed by atoms with Crippen molar-refractivity contribution in [3.8, 4) is 5.75 Å². The second-order valence-corrected chi connectivity index (χ2v) is 5.55. The lowest BCUT2D eigenvalue weighted by atomic mass is 9.92. The smallest absolute Gasteiger partial charge is 0.133 e. The summed E-state index contributed by atoms with van der Waals surface area (Å²) in [5, 5.41) is 0. The van der Waals surface area contributed by atoms with E-state index < -0.39 is 0 Å². The molecule has 0 aliphatic heterocycles. The summed E-state index contributed by atoms with van der Waals surface area (Å²) in [6.07, 6.45) is 0.989. The van der Waals surface area contributed by atoms with Gasteiger partial charge in [-0.3, -0.25) is 0 Å². The van der Waals surface area contributed by atoms with Crippen LogP contribution in [0.3, 0.4) is 0 Å². The van der Waals surface area contributed by atoms with Crippen LogP contribution in [0.5, 0.6) is 5.75 Å². The van der Waals surface area contributed by atoms with Gasteiger partial charge >= 0.3 is 0 Å². The average molecular weight is 300 g/mol. The molecule has 3 heteroatoms. The molecule has 0 heterocycles. The molecule has 2 N–H and O–H groups in total. The number of methoxy groups -OCH3 is 1. The van der Waals surface area contributed by atoms with Crippen molar-refractivity contribution in [3.63, 3.8) is 0 Å². The molecule has 0 aliphatic rings. The Morgan fingerprint density at radius 1 is 1.29 bits per heavy atom. The molecular formula is C14H22BrNO. The lowest BCUT2D eigenvalue weighted by Crippen LogP contribution is -2.06. The van der Waals surface area contributed by atoms with Crippen molar-refractivity contribution in [2.45, 2.75) is 39.0 Å². The lowest BCUT2D eigenvalue weighted by molar-refractivity contribution is 0.410. The topological polar surface area (TPSA) is 35.2 Å². The summed E-state index contributed by atoms with van der Waals surface area (Å²) in [5.41, 5.74) is 8.24. The molecule has 1 unspecified atom stereocenters. The van der Waals surface area contributed by atoms with Crippen LogP contribution in [-0.4, -0.2) is 13.7 Å². The van der Waals surface area contributed by atoms with Gasteiger partial charge in [0.2, 0.25) is 0 Å². The second-order valence-electron chi connectivity index (χ2n) is 4.76. The Bertz CT molecular complexity index is 377. The third-order valence-corrected chi connectivity index (χ3v) is 3.96. The van der Waals surface area contributed by atoms with Crippen LogP contribution in [0, 0.1) is 0 Å². The molecule has 1 aromatic rings. The van der Waals surface area contributed by atoms with Crippen LogP contribution in [0.25, 0.3) is 0 Å². The van der Waals surface area contributed by atoms with E-state index in [1.165, 1.54) is 11.1 Å². The molecule has 0 amide bonds. The first-order valence-electron chi connectivity index (χ1n) is 6.08. The van der Waals surface area contributed by atoms with Crippen LogP contribution in [-0.2, 0) is 0 Å². The predicted octanol–water partition coefficient (Wildman–Crippen LogP) is 4.03. The van der Waals surface area contributed by atoms with Crippen LogP contribution < -0.4 is 10.5 Å². The van der Waals surface area contributed by atoms with Crippen molar-refractivity contribution >= 4 is 15.9 Å². The predicted molar refractivity (Wildman–Crippen MR) is 76.9 cm³/mol. The minimum absolute atomic E-state index is 0.446. The number of hydrogen-bond donors (Lipinski definition) is 1. The van der Waals surface area contributed by atoms with Gasteiger partial charge < -0.3 is 10.5 Å². The third kappa shape index (κ3) is 3.46. The molecule has 0 bridgehead atoms. The van der Waals surface area contributed by atoms with E-state index in [9.17, 15) is 0 Å². The summed E-state index contributed by atoms with van der Waals surface area (Å²) >= 11 is 3.63. The molecule has 0 fully saturated rings. The van der Waals surface area contributed by atoms with Crippen molar-refractivity contribution in [1.29, 1.82) is 0 Å². The molecule has 0 aromatic heterocycles. The maximum absolute atomic E-state index is 5.64. The fourth-order valence-corrected chi connectivity index (χ4v) is 2.67. The number of nitrogens with two attached hydrogens (primary N) is 1. The van der Waals surface area contributed by atoms with Gasteiger partial charge in [-0.05, 0) is 57.9 Å². The summed E-state index contributed by atoms with van der Waals surface area (Å²) in [6, 6.07) is 4.37. The monoisotopic (exact) mass is 299 g/mol. The molecule has 2 nitrogen and oxygen atoms in total. The highest BCUT2D eigenvalue weighted by molar-refractivity contribution is 9.10. The van der Waals surface area contributed by atoms with Gasteiger partial charge in [-0.1, -0.05) is 26.8 Å². The molecule has 0 aliphatic carbocycles. The maximum Gasteiger partial charge on any atom is 0.133 e. The van der Waals surface area contributed by atoms with Gasteiger partial charge in [-0.2, -0.15) is 0 Å². The fourth-order valence-electron chi connectivity index (χ4n) is 1.89. The number of halogens is 1. The highest BCUT2D eigenvalue weighted by Crippen LogP contribution is 2.37. The molecule has 1 rings (SSSR count). The van der Waals surface area contributed by atoms with Crippen LogP contribution in [0.4, 0.5) is 0 Å². The summed E-state index contributed by atoms with van der Waals surface area (Å²) in [7, 11) is 1.71. The fraction of sp³-hybridized carbons (Fsp3) is 0.571. The molecule has 0 radical (unpaired) electrons. The minimum Gasteiger partial charge on any atom is -0.496 e. The average Bonchev–Trinajstić information content (AvgIpc) is 2.29. The Morgan fingerprint density at radius 3 is 2.41 bits per heavy atom. The summed E-state index contributed by atoms with van der Waals surface area (Å²) in [4.78, 5) is 0. The van der Waals surface area contributed by atoms with E-state index >= 15 is 0 Å². The van der Waals surface area contributed by atoms with Crippen molar-refractivity contribution < 1.29 is 4.74 Å². The first-order chi connectivity index (χ1) is 8.01. The van der Waals surface area contributed by atoms with Crippen LogP contribution in [0.15, 0.2) is 16.6 Å². The highest BCUT2D eigenvalue weighted by Gasteiger charge is 2.15. The number of ether oxygens (including phenoxy) is 1. The van der Waals surface area contributed by atoms with E-state index in [1.54, 1.807) is 7.11 Å². The highest BCUT2D eigenvalue weighted by atomic mass is 79.9. The van der Waals surface area contributed by atoms with E-state index in [-0.39, 0.29) is 0 Å². The van der Waals surface area contributed by atoms with Crippen molar-refractivity contribution in [2.24, 2.45) is 5.73 Å². The summed E-state index contributed by atoms with van der Waals surface area (Å²) in [6.45, 7) is 7.30. The molecule has 1 aromatic carbocycles. The van der Waals surface area contributed by atoms with Gasteiger partial charge in [0.05, 0.1) is 11.6 Å². The van der Waals surface area contributed by atoms with Crippen LogP contribution in [0.1, 0.15) is 50.2 Å². The molecule has 0 saturated heterocycles. The van der Waals surface area contributed by atoms with Crippen molar-refractivity contribution in [1.82, 2.24) is 0 Å². The van der Waals surface area contributed by atoms with Gasteiger partial charge in [0.1, 0.15) is 5.75 Å². The number of benzene rings is 1. The molecular weight excluding hydrogens is 278 g/mol. The Morgan fingerprint density at radius 2 is 1.94 bits per heavy atom.